The van der Waals surface area contributed by atoms with Crippen LogP contribution in [0.2, 0.25) is 0 Å². The van der Waals surface area contributed by atoms with Crippen LogP contribution in [0, 0.1) is 13.8 Å². The monoisotopic (exact) mass is 369 g/mol. The van der Waals surface area contributed by atoms with E-state index in [2.05, 4.69) is 20.7 Å². The summed E-state index contributed by atoms with van der Waals surface area (Å²) in [6.45, 7) is 3.59. The lowest BCUT2D eigenvalue weighted by Crippen LogP contribution is -2.15. The van der Waals surface area contributed by atoms with Crippen molar-refractivity contribution in [2.45, 2.75) is 18.7 Å². The Morgan fingerprint density at radius 2 is 1.76 bits per heavy atom. The Morgan fingerprint density at radius 3 is 2.33 bits per heavy atom. The second kappa shape index (κ2) is 6.07. The zero-order valence-corrected chi connectivity index (χ0v) is 14.4. The number of methoxy groups -OCH3 is 1. The van der Waals surface area contributed by atoms with Crippen molar-refractivity contribution < 1.29 is 13.2 Å². The molecule has 0 amide bonds. The van der Waals surface area contributed by atoms with Crippen LogP contribution in [0.3, 0.4) is 0 Å². The minimum absolute atomic E-state index is 0.241. The van der Waals surface area contributed by atoms with Gasteiger partial charge in [-0.3, -0.25) is 4.72 Å². The van der Waals surface area contributed by atoms with Crippen LogP contribution in [0.1, 0.15) is 11.1 Å². The van der Waals surface area contributed by atoms with Crippen LogP contribution in [-0.2, 0) is 10.0 Å². The van der Waals surface area contributed by atoms with Gasteiger partial charge in [0.15, 0.2) is 0 Å². The number of anilines is 1. The van der Waals surface area contributed by atoms with Gasteiger partial charge in [-0.2, -0.15) is 0 Å². The first-order valence-electron chi connectivity index (χ1n) is 6.27. The largest absolute Gasteiger partial charge is 0.497 e. The molecule has 1 N–H and O–H groups in total. The van der Waals surface area contributed by atoms with Crippen molar-refractivity contribution in [1.29, 1.82) is 0 Å². The number of hydrogen-bond donors (Lipinski definition) is 1. The highest BCUT2D eigenvalue weighted by Crippen LogP contribution is 2.26. The number of benzene rings is 2. The summed E-state index contributed by atoms with van der Waals surface area (Å²) in [4.78, 5) is 0.241. The van der Waals surface area contributed by atoms with Crippen LogP contribution in [0.15, 0.2) is 45.8 Å². The lowest BCUT2D eigenvalue weighted by molar-refractivity contribution is 0.414. The van der Waals surface area contributed by atoms with Crippen LogP contribution in [0.4, 0.5) is 5.69 Å². The maximum atomic E-state index is 12.5. The second-order valence-electron chi connectivity index (χ2n) is 4.70. The fourth-order valence-electron chi connectivity index (χ4n) is 1.99. The third-order valence-corrected chi connectivity index (χ3v) is 5.12. The molecular formula is C15H16BrNO3S. The summed E-state index contributed by atoms with van der Waals surface area (Å²) in [5.41, 5.74) is 2.05. The highest BCUT2D eigenvalue weighted by Gasteiger charge is 2.18. The summed E-state index contributed by atoms with van der Waals surface area (Å²) in [7, 11) is -2.08. The minimum Gasteiger partial charge on any atom is -0.497 e. The molecule has 0 saturated heterocycles. The maximum Gasteiger partial charge on any atom is 0.262 e. The molecule has 0 aromatic heterocycles. The lowest BCUT2D eigenvalue weighted by Gasteiger charge is -2.13. The second-order valence-corrected chi connectivity index (χ2v) is 7.26. The Morgan fingerprint density at radius 1 is 1.05 bits per heavy atom. The molecule has 0 radical (unpaired) electrons. The molecule has 21 heavy (non-hydrogen) atoms. The molecule has 0 heterocycles. The molecular weight excluding hydrogens is 354 g/mol. The summed E-state index contributed by atoms with van der Waals surface area (Å²) in [5, 5.41) is 0. The molecule has 0 aliphatic rings. The maximum absolute atomic E-state index is 12.5. The molecule has 4 nitrogen and oxygen atoms in total. The molecule has 6 heteroatoms. The fraction of sp³-hybridized carbons (Fsp3) is 0.200. The van der Waals surface area contributed by atoms with Crippen molar-refractivity contribution in [3.8, 4) is 5.75 Å². The molecule has 0 bridgehead atoms. The summed E-state index contributed by atoms with van der Waals surface area (Å²) in [6, 6.07) is 10.3. The van der Waals surface area contributed by atoms with Crippen molar-refractivity contribution in [3.05, 3.63) is 52.0 Å². The lowest BCUT2D eigenvalue weighted by atomic mass is 10.2. The number of nitrogens with one attached hydrogen (secondary N) is 1. The average Bonchev–Trinajstić information content (AvgIpc) is 2.41. The van der Waals surface area contributed by atoms with E-state index in [-0.39, 0.29) is 4.90 Å². The number of ether oxygens (including phenoxy) is 1. The van der Waals surface area contributed by atoms with Gasteiger partial charge in [0.1, 0.15) is 5.75 Å². The minimum atomic E-state index is -3.63. The Balaban J connectivity index is 2.38. The number of sulfonamides is 1. The van der Waals surface area contributed by atoms with Crippen molar-refractivity contribution in [2.24, 2.45) is 0 Å². The molecule has 0 fully saturated rings. The zero-order valence-electron chi connectivity index (χ0n) is 12.0. The van der Waals surface area contributed by atoms with E-state index < -0.39 is 10.0 Å². The van der Waals surface area contributed by atoms with Crippen molar-refractivity contribution in [1.82, 2.24) is 0 Å². The van der Waals surface area contributed by atoms with Gasteiger partial charge in [0.05, 0.1) is 17.7 Å². The fourth-order valence-corrected chi connectivity index (χ4v) is 3.83. The number of halogens is 1. The molecule has 112 valence electrons. The van der Waals surface area contributed by atoms with Crippen molar-refractivity contribution in [3.63, 3.8) is 0 Å². The predicted molar refractivity (Wildman–Crippen MR) is 87.4 cm³/mol. The smallest absolute Gasteiger partial charge is 0.262 e. The van der Waals surface area contributed by atoms with Crippen molar-refractivity contribution in [2.75, 3.05) is 11.8 Å². The van der Waals surface area contributed by atoms with E-state index in [1.54, 1.807) is 44.4 Å². The van der Waals surface area contributed by atoms with E-state index in [9.17, 15) is 8.42 Å². The average molecular weight is 370 g/mol. The topological polar surface area (TPSA) is 55.4 Å². The Kier molecular flexibility index (Phi) is 4.58. The van der Waals surface area contributed by atoms with E-state index >= 15 is 0 Å². The van der Waals surface area contributed by atoms with Gasteiger partial charge in [-0.15, -0.1) is 0 Å². The summed E-state index contributed by atoms with van der Waals surface area (Å²) in [6.07, 6.45) is 0. The molecule has 0 spiro atoms. The Hall–Kier alpha value is -1.53. The highest BCUT2D eigenvalue weighted by molar-refractivity contribution is 9.10. The molecule has 2 aromatic carbocycles. The molecule has 0 aliphatic carbocycles. The summed E-state index contributed by atoms with van der Waals surface area (Å²) < 4.78 is 33.6. The van der Waals surface area contributed by atoms with Crippen LogP contribution in [-0.4, -0.2) is 15.5 Å². The SMILES string of the molecule is COc1ccc(S(=O)(=O)Nc2ccc(Br)cc2C)c(C)c1. The zero-order chi connectivity index (χ0) is 15.6. The van der Waals surface area contributed by atoms with E-state index in [0.717, 1.165) is 10.0 Å². The Labute approximate surface area is 133 Å². The highest BCUT2D eigenvalue weighted by atomic mass is 79.9. The van der Waals surface area contributed by atoms with Gasteiger partial charge in [0.25, 0.3) is 10.0 Å². The van der Waals surface area contributed by atoms with Crippen LogP contribution in [0.5, 0.6) is 5.75 Å². The van der Waals surface area contributed by atoms with Gasteiger partial charge >= 0.3 is 0 Å². The summed E-state index contributed by atoms with van der Waals surface area (Å²) in [5.74, 6) is 0.631. The molecule has 0 aliphatic heterocycles. The third kappa shape index (κ3) is 3.57. The Bertz CT molecular complexity index is 772. The van der Waals surface area contributed by atoms with Crippen LogP contribution >= 0.6 is 15.9 Å². The van der Waals surface area contributed by atoms with Gasteiger partial charge < -0.3 is 4.74 Å². The number of hydrogen-bond acceptors (Lipinski definition) is 3. The van der Waals surface area contributed by atoms with Gasteiger partial charge in [-0.05, 0) is 61.4 Å². The van der Waals surface area contributed by atoms with Gasteiger partial charge in [-0.1, -0.05) is 15.9 Å². The van der Waals surface area contributed by atoms with E-state index in [1.807, 2.05) is 13.0 Å². The first kappa shape index (κ1) is 15.9. The number of aryl methyl sites for hydroxylation is 2. The van der Waals surface area contributed by atoms with Crippen molar-refractivity contribution >= 4 is 31.6 Å². The third-order valence-electron chi connectivity index (χ3n) is 3.10. The van der Waals surface area contributed by atoms with Crippen LogP contribution in [0.25, 0.3) is 0 Å². The summed E-state index contributed by atoms with van der Waals surface area (Å²) >= 11 is 3.36. The van der Waals surface area contributed by atoms with Gasteiger partial charge in [0.2, 0.25) is 0 Å². The first-order chi connectivity index (χ1) is 9.83. The predicted octanol–water partition coefficient (Wildman–Crippen LogP) is 3.88. The molecule has 0 saturated carbocycles. The molecule has 0 atom stereocenters. The number of rotatable bonds is 4. The van der Waals surface area contributed by atoms with Crippen LogP contribution < -0.4 is 9.46 Å². The molecule has 2 aromatic rings. The molecule has 0 unspecified atom stereocenters. The molecule has 2 rings (SSSR count). The van der Waals surface area contributed by atoms with E-state index in [1.165, 1.54) is 0 Å². The standard InChI is InChI=1S/C15H16BrNO3S/c1-10-8-12(16)4-6-14(10)17-21(18,19)15-7-5-13(20-3)9-11(15)2/h4-9,17H,1-3H3. The quantitative estimate of drug-likeness (QED) is 0.889. The van der Waals surface area contributed by atoms with Gasteiger partial charge in [-0.25, -0.2) is 8.42 Å². The van der Waals surface area contributed by atoms with Gasteiger partial charge in [0, 0.05) is 4.47 Å². The van der Waals surface area contributed by atoms with E-state index in [4.69, 9.17) is 4.74 Å². The normalized spacial score (nSPS) is 11.2. The first-order valence-corrected chi connectivity index (χ1v) is 8.55. The van der Waals surface area contributed by atoms with E-state index in [0.29, 0.717) is 17.0 Å².